The van der Waals surface area contributed by atoms with Gasteiger partial charge in [-0.25, -0.2) is 0 Å². The molecule has 3 nitrogen and oxygen atoms in total. The molecule has 0 heterocycles. The molecule has 0 aromatic heterocycles. The minimum Gasteiger partial charge on any atom is -0.379 e. The van der Waals surface area contributed by atoms with Crippen molar-refractivity contribution in [1.29, 1.82) is 0 Å². The van der Waals surface area contributed by atoms with E-state index in [1.807, 2.05) is 0 Å². The van der Waals surface area contributed by atoms with Gasteiger partial charge in [-0.05, 0) is 57.8 Å². The molecule has 1 aliphatic carbocycles. The van der Waals surface area contributed by atoms with E-state index < -0.39 is 0 Å². The molecule has 0 aromatic carbocycles. The van der Waals surface area contributed by atoms with Gasteiger partial charge < -0.3 is 14.2 Å². The van der Waals surface area contributed by atoms with Crippen molar-refractivity contribution in [3.05, 3.63) is 0 Å². The summed E-state index contributed by atoms with van der Waals surface area (Å²) in [4.78, 5) is 0. The van der Waals surface area contributed by atoms with Gasteiger partial charge in [0.1, 0.15) is 0 Å². The normalized spacial score (nSPS) is 26.6. The van der Waals surface area contributed by atoms with Crippen LogP contribution in [0.4, 0.5) is 0 Å². The van der Waals surface area contributed by atoms with E-state index in [2.05, 4.69) is 41.5 Å². The van der Waals surface area contributed by atoms with Crippen LogP contribution < -0.4 is 0 Å². The van der Waals surface area contributed by atoms with Crippen molar-refractivity contribution >= 4 is 0 Å². The lowest BCUT2D eigenvalue weighted by Gasteiger charge is -2.37. The van der Waals surface area contributed by atoms with Gasteiger partial charge in [-0.15, -0.1) is 0 Å². The Kier molecular flexibility index (Phi) is 8.96. The molecule has 0 bridgehead atoms. The predicted molar refractivity (Wildman–Crippen MR) is 92.2 cm³/mol. The number of hydrogen-bond acceptors (Lipinski definition) is 3. The van der Waals surface area contributed by atoms with Crippen LogP contribution in [-0.2, 0) is 14.2 Å². The van der Waals surface area contributed by atoms with Crippen molar-refractivity contribution in [3.63, 3.8) is 0 Å². The van der Waals surface area contributed by atoms with Crippen LogP contribution in [0.5, 0.6) is 0 Å². The minimum atomic E-state index is -0.0490. The molecule has 0 amide bonds. The Bertz CT molecular complexity index is 283. The van der Waals surface area contributed by atoms with Crippen LogP contribution in [0.15, 0.2) is 0 Å². The Morgan fingerprint density at radius 2 is 1.73 bits per heavy atom. The van der Waals surface area contributed by atoms with E-state index >= 15 is 0 Å². The van der Waals surface area contributed by atoms with Crippen LogP contribution in [0.2, 0.25) is 0 Å². The fourth-order valence-electron chi connectivity index (χ4n) is 3.21. The maximum Gasteiger partial charge on any atom is 0.0704 e. The third-order valence-corrected chi connectivity index (χ3v) is 4.49. The Labute approximate surface area is 138 Å². The SMILES string of the molecule is CC1CCC(C(C)C)C(OCCOCCCOC(C)(C)C)C1. The predicted octanol–water partition coefficient (Wildman–Crippen LogP) is 4.69. The molecular formula is C19H38O3. The maximum absolute atomic E-state index is 6.13. The summed E-state index contributed by atoms with van der Waals surface area (Å²) in [5.74, 6) is 2.24. The van der Waals surface area contributed by atoms with Gasteiger partial charge in [0.15, 0.2) is 0 Å². The quantitative estimate of drug-likeness (QED) is 0.578. The van der Waals surface area contributed by atoms with E-state index in [0.29, 0.717) is 18.6 Å². The molecule has 1 rings (SSSR count). The second-order valence-electron chi connectivity index (χ2n) is 8.16. The standard InChI is InChI=1S/C19H38O3/c1-15(2)17-9-8-16(3)14-18(17)21-13-12-20-10-7-11-22-19(4,5)6/h15-18H,7-14H2,1-6H3. The average Bonchev–Trinajstić information content (AvgIpc) is 2.40. The zero-order chi connectivity index (χ0) is 16.6. The van der Waals surface area contributed by atoms with E-state index in [4.69, 9.17) is 14.2 Å². The topological polar surface area (TPSA) is 27.7 Å². The summed E-state index contributed by atoms with van der Waals surface area (Å²) in [5.41, 5.74) is -0.0490. The summed E-state index contributed by atoms with van der Waals surface area (Å²) in [7, 11) is 0. The molecule has 1 fully saturated rings. The van der Waals surface area contributed by atoms with Crippen LogP contribution in [0.3, 0.4) is 0 Å². The second kappa shape index (κ2) is 9.89. The van der Waals surface area contributed by atoms with Gasteiger partial charge in [0, 0.05) is 13.2 Å². The van der Waals surface area contributed by atoms with Gasteiger partial charge >= 0.3 is 0 Å². The zero-order valence-corrected chi connectivity index (χ0v) is 15.7. The van der Waals surface area contributed by atoms with E-state index in [1.54, 1.807) is 0 Å². The van der Waals surface area contributed by atoms with Crippen molar-refractivity contribution < 1.29 is 14.2 Å². The van der Waals surface area contributed by atoms with Gasteiger partial charge in [0.2, 0.25) is 0 Å². The maximum atomic E-state index is 6.13. The Balaban J connectivity index is 2.07. The first-order valence-corrected chi connectivity index (χ1v) is 9.13. The molecule has 132 valence electrons. The second-order valence-corrected chi connectivity index (χ2v) is 8.16. The molecule has 0 spiro atoms. The first-order chi connectivity index (χ1) is 10.3. The summed E-state index contributed by atoms with van der Waals surface area (Å²) in [6, 6.07) is 0. The fourth-order valence-corrected chi connectivity index (χ4v) is 3.21. The van der Waals surface area contributed by atoms with E-state index in [0.717, 1.165) is 38.1 Å². The summed E-state index contributed by atoms with van der Waals surface area (Å²) in [6.45, 7) is 16.2. The summed E-state index contributed by atoms with van der Waals surface area (Å²) >= 11 is 0. The van der Waals surface area contributed by atoms with Crippen molar-refractivity contribution in [2.45, 2.75) is 78.9 Å². The van der Waals surface area contributed by atoms with Gasteiger partial charge in [0.25, 0.3) is 0 Å². The highest BCUT2D eigenvalue weighted by atomic mass is 16.5. The smallest absolute Gasteiger partial charge is 0.0704 e. The Hall–Kier alpha value is -0.120. The van der Waals surface area contributed by atoms with Gasteiger partial charge in [-0.2, -0.15) is 0 Å². The monoisotopic (exact) mass is 314 g/mol. The van der Waals surface area contributed by atoms with E-state index in [-0.39, 0.29) is 5.60 Å². The molecule has 0 aromatic rings. The highest BCUT2D eigenvalue weighted by Gasteiger charge is 2.31. The van der Waals surface area contributed by atoms with E-state index in [1.165, 1.54) is 19.3 Å². The summed E-state index contributed by atoms with van der Waals surface area (Å²) in [6.07, 6.45) is 5.26. The van der Waals surface area contributed by atoms with Crippen LogP contribution in [0.25, 0.3) is 0 Å². The molecule has 0 N–H and O–H groups in total. The third-order valence-electron chi connectivity index (χ3n) is 4.49. The van der Waals surface area contributed by atoms with Crippen LogP contribution in [-0.4, -0.2) is 38.1 Å². The molecule has 3 heteroatoms. The van der Waals surface area contributed by atoms with Crippen molar-refractivity contribution in [2.24, 2.45) is 17.8 Å². The molecule has 3 atom stereocenters. The van der Waals surface area contributed by atoms with Crippen LogP contribution in [0.1, 0.15) is 67.2 Å². The first-order valence-electron chi connectivity index (χ1n) is 9.13. The average molecular weight is 315 g/mol. The Morgan fingerprint density at radius 3 is 2.36 bits per heavy atom. The highest BCUT2D eigenvalue weighted by Crippen LogP contribution is 2.35. The van der Waals surface area contributed by atoms with Crippen molar-refractivity contribution in [1.82, 2.24) is 0 Å². The lowest BCUT2D eigenvalue weighted by molar-refractivity contribution is -0.0616. The molecular weight excluding hydrogens is 276 g/mol. The molecule has 0 radical (unpaired) electrons. The fraction of sp³-hybridized carbons (Fsp3) is 1.00. The summed E-state index contributed by atoms with van der Waals surface area (Å²) in [5, 5.41) is 0. The highest BCUT2D eigenvalue weighted by molar-refractivity contribution is 4.81. The lowest BCUT2D eigenvalue weighted by atomic mass is 9.75. The number of ether oxygens (including phenoxy) is 3. The van der Waals surface area contributed by atoms with Gasteiger partial charge in [-0.1, -0.05) is 27.2 Å². The molecule has 22 heavy (non-hydrogen) atoms. The van der Waals surface area contributed by atoms with Crippen LogP contribution >= 0.6 is 0 Å². The van der Waals surface area contributed by atoms with Crippen molar-refractivity contribution in [3.8, 4) is 0 Å². The molecule has 1 saturated carbocycles. The molecule has 0 saturated heterocycles. The van der Waals surface area contributed by atoms with Gasteiger partial charge in [-0.3, -0.25) is 0 Å². The number of hydrogen-bond donors (Lipinski definition) is 0. The zero-order valence-electron chi connectivity index (χ0n) is 15.7. The third kappa shape index (κ3) is 8.50. The van der Waals surface area contributed by atoms with Gasteiger partial charge in [0.05, 0.1) is 24.9 Å². The first kappa shape index (κ1) is 19.9. The molecule has 1 aliphatic rings. The lowest BCUT2D eigenvalue weighted by Crippen LogP contribution is -2.35. The summed E-state index contributed by atoms with van der Waals surface area (Å²) < 4.78 is 17.5. The molecule has 0 aliphatic heterocycles. The van der Waals surface area contributed by atoms with Crippen molar-refractivity contribution in [2.75, 3.05) is 26.4 Å². The van der Waals surface area contributed by atoms with E-state index in [9.17, 15) is 0 Å². The largest absolute Gasteiger partial charge is 0.379 e. The van der Waals surface area contributed by atoms with Crippen LogP contribution in [0, 0.1) is 17.8 Å². The number of rotatable bonds is 9. The Morgan fingerprint density at radius 1 is 1.00 bits per heavy atom. The minimum absolute atomic E-state index is 0.0490. The molecule has 3 unspecified atom stereocenters.